The van der Waals surface area contributed by atoms with Crippen LogP contribution in [0.1, 0.15) is 5.69 Å². The molecular weight excluding hydrogens is 351 g/mol. The van der Waals surface area contributed by atoms with Crippen molar-refractivity contribution in [3.63, 3.8) is 0 Å². The zero-order chi connectivity index (χ0) is 17.9. The van der Waals surface area contributed by atoms with Crippen molar-refractivity contribution in [1.29, 1.82) is 0 Å². The van der Waals surface area contributed by atoms with Crippen molar-refractivity contribution < 1.29 is 8.91 Å². The molecule has 4 rings (SSSR count). The molecule has 0 aliphatic carbocycles. The Morgan fingerprint density at radius 1 is 1.04 bits per heavy atom. The van der Waals surface area contributed by atoms with Crippen molar-refractivity contribution in [2.24, 2.45) is 7.05 Å². The van der Waals surface area contributed by atoms with Crippen LogP contribution in [0.5, 0.6) is 0 Å². The van der Waals surface area contributed by atoms with Gasteiger partial charge in [0.05, 0.1) is 11.3 Å². The second kappa shape index (κ2) is 7.13. The van der Waals surface area contributed by atoms with Crippen LogP contribution in [-0.4, -0.2) is 19.9 Å². The van der Waals surface area contributed by atoms with Gasteiger partial charge in [0.2, 0.25) is 0 Å². The first kappa shape index (κ1) is 16.5. The van der Waals surface area contributed by atoms with Crippen LogP contribution in [-0.2, 0) is 12.8 Å². The second-order valence-electron chi connectivity index (χ2n) is 5.68. The van der Waals surface area contributed by atoms with Crippen LogP contribution in [0.3, 0.4) is 0 Å². The molecule has 130 valence electrons. The fourth-order valence-electron chi connectivity index (χ4n) is 2.57. The fourth-order valence-corrected chi connectivity index (χ4v) is 3.37. The third-order valence-electron chi connectivity index (χ3n) is 3.92. The fraction of sp³-hybridized carbons (Fsp3) is 0.105. The van der Waals surface area contributed by atoms with E-state index in [0.717, 1.165) is 17.0 Å². The van der Waals surface area contributed by atoms with Gasteiger partial charge < -0.3 is 9.09 Å². The van der Waals surface area contributed by atoms with E-state index in [2.05, 4.69) is 15.4 Å². The molecule has 0 unspecified atom stereocenters. The maximum Gasteiger partial charge on any atom is 0.191 e. The van der Waals surface area contributed by atoms with Gasteiger partial charge in [-0.3, -0.25) is 0 Å². The number of nitrogens with zero attached hydrogens (tertiary/aromatic N) is 4. The normalized spacial score (nSPS) is 11.0. The van der Waals surface area contributed by atoms with Crippen LogP contribution >= 0.6 is 11.8 Å². The van der Waals surface area contributed by atoms with Gasteiger partial charge in [-0.1, -0.05) is 59.4 Å². The van der Waals surface area contributed by atoms with Gasteiger partial charge in [0.1, 0.15) is 5.82 Å². The lowest BCUT2D eigenvalue weighted by Crippen LogP contribution is -1.96. The molecule has 0 radical (unpaired) electrons. The number of benzene rings is 2. The Morgan fingerprint density at radius 3 is 2.62 bits per heavy atom. The maximum absolute atomic E-state index is 14.0. The minimum atomic E-state index is -0.316. The van der Waals surface area contributed by atoms with Crippen molar-refractivity contribution in [3.8, 4) is 22.7 Å². The number of rotatable bonds is 5. The summed E-state index contributed by atoms with van der Waals surface area (Å²) in [5.74, 6) is 1.49. The highest BCUT2D eigenvalue weighted by atomic mass is 32.2. The first-order valence-corrected chi connectivity index (χ1v) is 8.99. The topological polar surface area (TPSA) is 56.7 Å². The van der Waals surface area contributed by atoms with E-state index in [1.165, 1.54) is 17.8 Å². The molecule has 0 saturated heterocycles. The molecule has 2 heterocycles. The summed E-state index contributed by atoms with van der Waals surface area (Å²) < 4.78 is 21.2. The van der Waals surface area contributed by atoms with E-state index in [1.807, 2.05) is 43.4 Å². The molecule has 0 fully saturated rings. The predicted octanol–water partition coefficient (Wildman–Crippen LogP) is 4.57. The second-order valence-corrected chi connectivity index (χ2v) is 6.62. The zero-order valence-electron chi connectivity index (χ0n) is 14.0. The van der Waals surface area contributed by atoms with Crippen molar-refractivity contribution in [1.82, 2.24) is 19.9 Å². The summed E-state index contributed by atoms with van der Waals surface area (Å²) in [4.78, 5) is 0. The molecule has 0 aliphatic heterocycles. The summed E-state index contributed by atoms with van der Waals surface area (Å²) in [6.07, 6.45) is 0. The number of hydrogen-bond acceptors (Lipinski definition) is 5. The molecule has 2 aromatic carbocycles. The molecule has 7 heteroatoms. The molecule has 0 spiro atoms. The Balaban J connectivity index is 1.50. The average Bonchev–Trinajstić information content (AvgIpc) is 3.28. The smallest absolute Gasteiger partial charge is 0.191 e. The summed E-state index contributed by atoms with van der Waals surface area (Å²) in [5.41, 5.74) is 2.23. The first-order valence-electron chi connectivity index (χ1n) is 8.00. The van der Waals surface area contributed by atoms with Crippen molar-refractivity contribution in [2.45, 2.75) is 10.9 Å². The van der Waals surface area contributed by atoms with E-state index in [0.29, 0.717) is 22.3 Å². The Kier molecular flexibility index (Phi) is 4.53. The highest BCUT2D eigenvalue weighted by Crippen LogP contribution is 2.27. The third kappa shape index (κ3) is 3.25. The highest BCUT2D eigenvalue weighted by Gasteiger charge is 2.15. The summed E-state index contributed by atoms with van der Waals surface area (Å²) in [6, 6.07) is 18.3. The maximum atomic E-state index is 14.0. The van der Waals surface area contributed by atoms with Crippen molar-refractivity contribution in [2.75, 3.05) is 0 Å². The van der Waals surface area contributed by atoms with E-state index in [4.69, 9.17) is 4.52 Å². The van der Waals surface area contributed by atoms with Gasteiger partial charge in [-0.05, 0) is 12.1 Å². The van der Waals surface area contributed by atoms with Crippen LogP contribution in [0.25, 0.3) is 22.7 Å². The molecule has 0 aliphatic rings. The van der Waals surface area contributed by atoms with E-state index in [1.54, 1.807) is 22.8 Å². The van der Waals surface area contributed by atoms with Crippen LogP contribution in [0.4, 0.5) is 4.39 Å². The minimum absolute atomic E-state index is 0.316. The largest absolute Gasteiger partial charge is 0.356 e. The first-order chi connectivity index (χ1) is 12.7. The van der Waals surface area contributed by atoms with Gasteiger partial charge in [-0.2, -0.15) is 0 Å². The molecule has 0 bridgehead atoms. The van der Waals surface area contributed by atoms with Gasteiger partial charge in [-0.15, -0.1) is 10.2 Å². The monoisotopic (exact) mass is 366 g/mol. The van der Waals surface area contributed by atoms with E-state index >= 15 is 0 Å². The Labute approximate surface area is 153 Å². The predicted molar refractivity (Wildman–Crippen MR) is 97.9 cm³/mol. The molecule has 5 nitrogen and oxygen atoms in total. The van der Waals surface area contributed by atoms with Gasteiger partial charge in [0.15, 0.2) is 16.7 Å². The quantitative estimate of drug-likeness (QED) is 0.484. The number of aromatic nitrogens is 4. The molecule has 4 aromatic rings. The van der Waals surface area contributed by atoms with E-state index in [9.17, 15) is 4.39 Å². The summed E-state index contributed by atoms with van der Waals surface area (Å²) >= 11 is 1.47. The van der Waals surface area contributed by atoms with Gasteiger partial charge >= 0.3 is 0 Å². The molecular formula is C19H15FN4OS. The van der Waals surface area contributed by atoms with Crippen molar-refractivity contribution in [3.05, 3.63) is 72.2 Å². The SMILES string of the molecule is Cn1c(SCc2cc(-c3ccccc3)on2)nnc1-c1ccccc1F. The molecule has 0 N–H and O–H groups in total. The highest BCUT2D eigenvalue weighted by molar-refractivity contribution is 7.98. The van der Waals surface area contributed by atoms with Crippen LogP contribution in [0, 0.1) is 5.82 Å². The Hall–Kier alpha value is -2.93. The summed E-state index contributed by atoms with van der Waals surface area (Å²) in [5, 5.41) is 13.1. The molecule has 0 amide bonds. The van der Waals surface area contributed by atoms with Gasteiger partial charge in [0.25, 0.3) is 0 Å². The molecule has 0 atom stereocenters. The summed E-state index contributed by atoms with van der Waals surface area (Å²) in [6.45, 7) is 0. The third-order valence-corrected chi connectivity index (χ3v) is 4.97. The average molecular weight is 366 g/mol. The summed E-state index contributed by atoms with van der Waals surface area (Å²) in [7, 11) is 1.82. The van der Waals surface area contributed by atoms with Crippen LogP contribution in [0.15, 0.2) is 70.3 Å². The zero-order valence-corrected chi connectivity index (χ0v) is 14.8. The molecule has 2 aromatic heterocycles. The number of halogens is 1. The van der Waals surface area contributed by atoms with E-state index in [-0.39, 0.29) is 5.82 Å². The lowest BCUT2D eigenvalue weighted by molar-refractivity contribution is 0.426. The lowest BCUT2D eigenvalue weighted by Gasteiger charge is -2.03. The Bertz CT molecular complexity index is 1030. The van der Waals surface area contributed by atoms with Gasteiger partial charge in [-0.25, -0.2) is 4.39 Å². The lowest BCUT2D eigenvalue weighted by atomic mass is 10.2. The number of hydrogen-bond donors (Lipinski definition) is 0. The molecule has 26 heavy (non-hydrogen) atoms. The molecule has 0 saturated carbocycles. The van der Waals surface area contributed by atoms with Crippen LogP contribution in [0.2, 0.25) is 0 Å². The minimum Gasteiger partial charge on any atom is -0.356 e. The Morgan fingerprint density at radius 2 is 1.81 bits per heavy atom. The van der Waals surface area contributed by atoms with E-state index < -0.39 is 0 Å². The van der Waals surface area contributed by atoms with Crippen molar-refractivity contribution >= 4 is 11.8 Å². The number of thioether (sulfide) groups is 1. The standard InChI is InChI=1S/C19H15FN4OS/c1-24-18(15-9-5-6-10-16(15)20)21-22-19(24)26-12-14-11-17(25-23-14)13-7-3-2-4-8-13/h2-11H,12H2,1H3. The van der Waals surface area contributed by atoms with Gasteiger partial charge in [0, 0.05) is 24.4 Å². The van der Waals surface area contributed by atoms with Crippen LogP contribution < -0.4 is 0 Å².